The van der Waals surface area contributed by atoms with Gasteiger partial charge in [0.15, 0.2) is 0 Å². The molecule has 0 aromatic heterocycles. The number of rotatable bonds is 11. The number of hydrogen-bond donors (Lipinski definition) is 1. The van der Waals surface area contributed by atoms with E-state index in [2.05, 4.69) is 58.0 Å². The first-order valence-electron chi connectivity index (χ1n) is 34.5. The van der Waals surface area contributed by atoms with Crippen LogP contribution in [0.3, 0.4) is 0 Å². The highest BCUT2D eigenvalue weighted by atomic mass is 16.6. The van der Waals surface area contributed by atoms with Gasteiger partial charge in [-0.1, -0.05) is 245 Å². The summed E-state index contributed by atoms with van der Waals surface area (Å²) in [7, 11) is 0. The van der Waals surface area contributed by atoms with Gasteiger partial charge in [0.2, 0.25) is 6.61 Å². The molecule has 7 aromatic rings. The Bertz CT molecular complexity index is 4130. The number of nitrogens with zero attached hydrogens (tertiary/aromatic N) is 3. The number of esters is 3. The Morgan fingerprint density at radius 3 is 1.05 bits per heavy atom. The van der Waals surface area contributed by atoms with Gasteiger partial charge in [-0.25, -0.2) is 19.2 Å². The first-order chi connectivity index (χ1) is 48.6. The third kappa shape index (κ3) is 24.4. The van der Waals surface area contributed by atoms with Crippen LogP contribution in [0.4, 0.5) is 0 Å². The number of carboxylic acids is 1. The second-order valence-electron chi connectivity index (χ2n) is 24.9. The van der Waals surface area contributed by atoms with Crippen LogP contribution < -0.4 is 0 Å². The van der Waals surface area contributed by atoms with E-state index in [1.807, 2.05) is 237 Å². The highest BCUT2D eigenvalue weighted by Crippen LogP contribution is 2.31. The molecule has 0 fully saturated rings. The molecule has 0 aliphatic carbocycles. The second kappa shape index (κ2) is 40.2. The van der Waals surface area contributed by atoms with Gasteiger partial charge in [-0.05, 0) is 161 Å². The fourth-order valence-electron chi connectivity index (χ4n) is 12.1. The molecule has 3 heterocycles. The van der Waals surface area contributed by atoms with Crippen LogP contribution in [0.1, 0.15) is 186 Å². The van der Waals surface area contributed by atoms with Gasteiger partial charge in [-0.15, -0.1) is 0 Å². The van der Waals surface area contributed by atoms with Crippen molar-refractivity contribution in [2.75, 3.05) is 13.2 Å². The van der Waals surface area contributed by atoms with Crippen molar-refractivity contribution in [3.8, 4) is 0 Å². The Balaban J connectivity index is 0.000000191. The third-order valence-corrected chi connectivity index (χ3v) is 16.6. The summed E-state index contributed by atoms with van der Waals surface area (Å²) in [5.41, 5.74) is 16.2. The summed E-state index contributed by atoms with van der Waals surface area (Å²) >= 11 is 0. The first kappa shape index (κ1) is 75.0. The summed E-state index contributed by atoms with van der Waals surface area (Å²) in [6, 6.07) is 51.6. The van der Waals surface area contributed by atoms with Gasteiger partial charge in [0.1, 0.15) is 31.5 Å². The highest BCUT2D eigenvalue weighted by molar-refractivity contribution is 6.02. The molecule has 3 aliphatic rings. The number of benzene rings is 7. The molecule has 0 unspecified atom stereocenters. The van der Waals surface area contributed by atoms with Crippen LogP contribution in [0.15, 0.2) is 246 Å². The predicted octanol–water partition coefficient (Wildman–Crippen LogP) is 19.5. The average molecular weight is 1340 g/mol. The maximum atomic E-state index is 13.6. The number of fused-ring (bicyclic) bond motifs is 3. The number of ether oxygens (including phenoxy) is 3. The van der Waals surface area contributed by atoms with E-state index in [0.29, 0.717) is 74.1 Å². The number of oxime groups is 3. The van der Waals surface area contributed by atoms with Crippen molar-refractivity contribution in [1.29, 1.82) is 0 Å². The van der Waals surface area contributed by atoms with Crippen LogP contribution in [0, 0.1) is 41.5 Å². The molecule has 10 rings (SSSR count). The van der Waals surface area contributed by atoms with Crippen molar-refractivity contribution in [2.45, 2.75) is 150 Å². The van der Waals surface area contributed by atoms with E-state index < -0.39 is 24.6 Å². The summed E-state index contributed by atoms with van der Waals surface area (Å²) in [6.45, 7) is 14.1. The number of aryl methyl sites for hydroxylation is 6. The lowest BCUT2D eigenvalue weighted by Gasteiger charge is -2.20. The Morgan fingerprint density at radius 2 is 0.720 bits per heavy atom. The molecule has 7 aromatic carbocycles. The number of cyclic esters (lactones) is 3. The molecule has 3 aliphatic heterocycles. The molecule has 100 heavy (non-hydrogen) atoms. The van der Waals surface area contributed by atoms with Crippen molar-refractivity contribution in [3.05, 3.63) is 320 Å². The van der Waals surface area contributed by atoms with E-state index in [1.165, 1.54) is 0 Å². The van der Waals surface area contributed by atoms with E-state index in [9.17, 15) is 19.2 Å². The normalized spacial score (nSPS) is 20.2. The maximum absolute atomic E-state index is 13.6. The van der Waals surface area contributed by atoms with Crippen molar-refractivity contribution in [2.24, 2.45) is 15.5 Å². The maximum Gasteiger partial charge on any atom is 0.344 e. The van der Waals surface area contributed by atoms with E-state index >= 15 is 0 Å². The standard InChI is InChI=1S/C32H33NO3.C27H29NO5.C27H31NO3/c1-24-20-25(2)31-28(21-24)22-29(33-35-23-26-14-8-6-9-15-26)18-12-4-3-5-13-19-30(36-32(31)34)27-16-10-7-11-17-27;1-19-15-20(2)26-22(16-19)17-23(28-32-18-25(29)30)13-9-4-3-5-10-14-24(33-27(26)31)21-11-7-6-8-12-21;1-4-30-28-24-15-11-6-5-7-12-16-25(22-13-9-8-10-14-22)31-27(29)26-21(3)17-20(2)18-23(26)19-24/h5-18,20-21,30H,3-4,19,22-23H2,1-2H3;5-13,15-16,24H,3-4,14,17-18H2,1-2H3,(H,29,30);7-15,17-18,25H,4-6,16,19H2,1-3H3/b13-5+,18-12+,33-29?;10-5+,13-9+,28-23?;12-7+,15-11+,28-24?/t30-;24-;25-/m100/s1. The predicted molar refractivity (Wildman–Crippen MR) is 398 cm³/mol. The zero-order valence-electron chi connectivity index (χ0n) is 58.6. The molecule has 3 atom stereocenters. The number of carboxylic acid groups (broad SMARTS) is 1. The third-order valence-electron chi connectivity index (χ3n) is 16.6. The lowest BCUT2D eigenvalue weighted by Crippen LogP contribution is -2.17. The molecule has 0 amide bonds. The quantitative estimate of drug-likeness (QED) is 0.0563. The molecule has 1 N–H and O–H groups in total. The molecule has 518 valence electrons. The number of carbonyl (C=O) groups is 4. The van der Waals surface area contributed by atoms with Gasteiger partial charge < -0.3 is 33.8 Å². The molecule has 0 bridgehead atoms. The molecule has 0 spiro atoms. The van der Waals surface area contributed by atoms with Gasteiger partial charge in [-0.3, -0.25) is 0 Å². The Kier molecular flexibility index (Phi) is 30.2. The average Bonchev–Trinajstić information content (AvgIpc) is 0.822. The van der Waals surface area contributed by atoms with Crippen LogP contribution in [0.25, 0.3) is 0 Å². The van der Waals surface area contributed by atoms with Gasteiger partial charge >= 0.3 is 23.9 Å². The molecule has 0 saturated heterocycles. The second-order valence-corrected chi connectivity index (χ2v) is 24.9. The molecule has 14 heteroatoms. The SMILES string of the molecule is CCON=C1/C=C/CC/C=C/C[C@@H](c2ccccc2)OC(=O)c2c(C)cc(C)cc2C1.Cc1cc(C)c2c(c1)CC(=NOCC(=O)O)/C=C/CC/C=C/C[C@@H](c1ccccc1)OC2=O.Cc1cc(C)c2c(c1)CC(=NOCc1ccccc1)/C=C/CC/C=C/C[C@H](c1ccccc1)OC2=O. The number of allylic oxidation sites excluding steroid dienone is 9. The van der Waals surface area contributed by atoms with Crippen LogP contribution in [0.5, 0.6) is 0 Å². The van der Waals surface area contributed by atoms with Gasteiger partial charge in [0.05, 0.1) is 33.8 Å². The van der Waals surface area contributed by atoms with Gasteiger partial charge in [0, 0.05) is 38.5 Å². The van der Waals surface area contributed by atoms with Crippen molar-refractivity contribution in [3.63, 3.8) is 0 Å². The minimum atomic E-state index is -1.10. The topological polar surface area (TPSA) is 181 Å². The van der Waals surface area contributed by atoms with E-state index in [-0.39, 0.29) is 24.1 Å². The van der Waals surface area contributed by atoms with Gasteiger partial charge in [0.25, 0.3) is 0 Å². The fourth-order valence-corrected chi connectivity index (χ4v) is 12.1. The van der Waals surface area contributed by atoms with Crippen LogP contribution in [-0.4, -0.2) is 59.3 Å². The summed E-state index contributed by atoms with van der Waals surface area (Å²) in [6.07, 6.45) is 32.0. The Hall–Kier alpha value is -10.7. The zero-order valence-corrected chi connectivity index (χ0v) is 58.6. The van der Waals surface area contributed by atoms with Crippen LogP contribution in [-0.2, 0) is 59.4 Å². The molecular weight excluding hydrogens is 1250 g/mol. The number of hydrogen-bond acceptors (Lipinski definition) is 13. The van der Waals surface area contributed by atoms with Crippen molar-refractivity contribution >= 4 is 41.0 Å². The van der Waals surface area contributed by atoms with E-state index in [0.717, 1.165) is 122 Å². The van der Waals surface area contributed by atoms with Gasteiger partial charge in [-0.2, -0.15) is 0 Å². The summed E-state index contributed by atoms with van der Waals surface area (Å²) in [5.74, 6) is -2.10. The summed E-state index contributed by atoms with van der Waals surface area (Å²) in [5, 5.41) is 21.6. The monoisotopic (exact) mass is 1340 g/mol. The van der Waals surface area contributed by atoms with Crippen molar-refractivity contribution < 1.29 is 53.0 Å². The molecule has 14 nitrogen and oxygen atoms in total. The Morgan fingerprint density at radius 1 is 0.410 bits per heavy atom. The van der Waals surface area contributed by atoms with E-state index in [4.69, 9.17) is 33.8 Å². The number of aliphatic carboxylic acids is 1. The number of carbonyl (C=O) groups excluding carboxylic acids is 3. The minimum absolute atomic E-state index is 0.299. The lowest BCUT2D eigenvalue weighted by molar-refractivity contribution is -0.142. The lowest BCUT2D eigenvalue weighted by atomic mass is 9.94. The zero-order chi connectivity index (χ0) is 70.9. The smallest absolute Gasteiger partial charge is 0.344 e. The molecule has 0 radical (unpaired) electrons. The largest absolute Gasteiger partial charge is 0.479 e. The fraction of sp³-hybridized carbons (Fsp3) is 0.291. The van der Waals surface area contributed by atoms with E-state index in [1.54, 1.807) is 0 Å². The molecule has 0 saturated carbocycles. The summed E-state index contributed by atoms with van der Waals surface area (Å²) < 4.78 is 18.2. The summed E-state index contributed by atoms with van der Waals surface area (Å²) in [4.78, 5) is 67.2. The molecular formula is C86H93N3O11. The first-order valence-corrected chi connectivity index (χ1v) is 34.5. The van der Waals surface area contributed by atoms with Crippen LogP contribution >= 0.6 is 0 Å². The highest BCUT2D eigenvalue weighted by Gasteiger charge is 2.26. The minimum Gasteiger partial charge on any atom is -0.479 e. The van der Waals surface area contributed by atoms with Crippen molar-refractivity contribution in [1.82, 2.24) is 0 Å². The Labute approximate surface area is 589 Å². The van der Waals surface area contributed by atoms with Crippen LogP contribution in [0.2, 0.25) is 0 Å².